The van der Waals surface area contributed by atoms with Crippen molar-refractivity contribution in [2.24, 2.45) is 0 Å². The van der Waals surface area contributed by atoms with Gasteiger partial charge >= 0.3 is 0 Å². The van der Waals surface area contributed by atoms with E-state index in [1.807, 2.05) is 19.2 Å². The Kier molecular flexibility index (Phi) is 3.34. The lowest BCUT2D eigenvalue weighted by atomic mass is 9.75. The smallest absolute Gasteiger partial charge is 0.126 e. The van der Waals surface area contributed by atoms with Gasteiger partial charge in [0.1, 0.15) is 11.5 Å². The molecule has 1 aliphatic rings. The molecule has 1 N–H and O–H groups in total. The molecule has 1 saturated carbocycles. The van der Waals surface area contributed by atoms with E-state index in [2.05, 4.69) is 11.4 Å². The Labute approximate surface area is 96.8 Å². The van der Waals surface area contributed by atoms with Crippen molar-refractivity contribution < 1.29 is 9.47 Å². The molecule has 1 aromatic rings. The zero-order valence-corrected chi connectivity index (χ0v) is 10.1. The van der Waals surface area contributed by atoms with Crippen molar-refractivity contribution in [3.63, 3.8) is 0 Å². The van der Waals surface area contributed by atoms with Gasteiger partial charge in [-0.2, -0.15) is 0 Å². The van der Waals surface area contributed by atoms with Gasteiger partial charge in [0, 0.05) is 12.1 Å². The summed E-state index contributed by atoms with van der Waals surface area (Å²) >= 11 is 0. The average Bonchev–Trinajstić information content (AvgIpc) is 2.28. The molecule has 0 radical (unpaired) electrons. The minimum absolute atomic E-state index is 0.623. The van der Waals surface area contributed by atoms with Crippen LogP contribution in [0.4, 0.5) is 0 Å². The fourth-order valence-corrected chi connectivity index (χ4v) is 2.26. The highest BCUT2D eigenvalue weighted by molar-refractivity contribution is 5.43. The van der Waals surface area contributed by atoms with Crippen LogP contribution in [0.3, 0.4) is 0 Å². The molecular weight excluding hydrogens is 202 g/mol. The van der Waals surface area contributed by atoms with E-state index in [4.69, 9.17) is 9.47 Å². The highest BCUT2D eigenvalue weighted by Gasteiger charge is 2.30. The number of benzene rings is 1. The fourth-order valence-electron chi connectivity index (χ4n) is 2.26. The Hall–Kier alpha value is -1.22. The number of hydrogen-bond donors (Lipinski definition) is 1. The summed E-state index contributed by atoms with van der Waals surface area (Å²) in [4.78, 5) is 0. The minimum Gasteiger partial charge on any atom is -0.497 e. The summed E-state index contributed by atoms with van der Waals surface area (Å²) in [6.45, 7) is 0. The van der Waals surface area contributed by atoms with Crippen LogP contribution in [0.1, 0.15) is 24.3 Å². The van der Waals surface area contributed by atoms with Gasteiger partial charge in [0.05, 0.1) is 14.2 Å². The van der Waals surface area contributed by atoms with E-state index in [9.17, 15) is 0 Å². The Morgan fingerprint density at radius 3 is 2.50 bits per heavy atom. The first-order valence-electron chi connectivity index (χ1n) is 5.67. The van der Waals surface area contributed by atoms with E-state index in [1.54, 1.807) is 14.2 Å². The third-order valence-corrected chi connectivity index (χ3v) is 3.43. The lowest BCUT2D eigenvalue weighted by Crippen LogP contribution is -2.37. The van der Waals surface area contributed by atoms with E-state index in [-0.39, 0.29) is 0 Å². The van der Waals surface area contributed by atoms with E-state index in [1.165, 1.54) is 18.4 Å². The van der Waals surface area contributed by atoms with E-state index in [0.29, 0.717) is 12.0 Å². The van der Waals surface area contributed by atoms with Crippen LogP contribution < -0.4 is 14.8 Å². The number of rotatable bonds is 4. The van der Waals surface area contributed by atoms with E-state index >= 15 is 0 Å². The molecule has 88 valence electrons. The molecule has 1 aromatic carbocycles. The Morgan fingerprint density at radius 2 is 1.94 bits per heavy atom. The second kappa shape index (κ2) is 4.74. The summed E-state index contributed by atoms with van der Waals surface area (Å²) in [5, 5.41) is 3.30. The molecule has 0 bridgehead atoms. The van der Waals surface area contributed by atoms with Crippen molar-refractivity contribution in [3.05, 3.63) is 23.8 Å². The van der Waals surface area contributed by atoms with Gasteiger partial charge in [0.15, 0.2) is 0 Å². The van der Waals surface area contributed by atoms with E-state index < -0.39 is 0 Å². The molecule has 0 heterocycles. The summed E-state index contributed by atoms with van der Waals surface area (Å²) in [5.41, 5.74) is 1.30. The number of hydrogen-bond acceptors (Lipinski definition) is 3. The van der Waals surface area contributed by atoms with Gasteiger partial charge in [0.25, 0.3) is 0 Å². The summed E-state index contributed by atoms with van der Waals surface area (Å²) in [7, 11) is 5.41. The lowest BCUT2D eigenvalue weighted by Gasteiger charge is -2.36. The van der Waals surface area contributed by atoms with Crippen molar-refractivity contribution in [2.45, 2.75) is 24.8 Å². The van der Waals surface area contributed by atoms with Crippen LogP contribution in [-0.2, 0) is 0 Å². The molecule has 1 aliphatic carbocycles. The molecule has 0 unspecified atom stereocenters. The first-order chi connectivity index (χ1) is 7.78. The molecule has 0 saturated heterocycles. The Morgan fingerprint density at radius 1 is 1.19 bits per heavy atom. The molecular formula is C13H19NO2. The highest BCUT2D eigenvalue weighted by atomic mass is 16.5. The molecule has 16 heavy (non-hydrogen) atoms. The van der Waals surface area contributed by atoms with Gasteiger partial charge in [-0.15, -0.1) is 0 Å². The minimum atomic E-state index is 0.623. The van der Waals surface area contributed by atoms with Gasteiger partial charge < -0.3 is 14.8 Å². The van der Waals surface area contributed by atoms with Crippen molar-refractivity contribution in [3.8, 4) is 11.5 Å². The van der Waals surface area contributed by atoms with Gasteiger partial charge in [-0.3, -0.25) is 0 Å². The number of nitrogens with one attached hydrogen (secondary N) is 1. The molecule has 0 amide bonds. The second-order valence-electron chi connectivity index (χ2n) is 4.26. The quantitative estimate of drug-likeness (QED) is 0.845. The van der Waals surface area contributed by atoms with Crippen molar-refractivity contribution in [1.82, 2.24) is 5.32 Å². The van der Waals surface area contributed by atoms with Crippen molar-refractivity contribution >= 4 is 0 Å². The maximum absolute atomic E-state index is 5.41. The van der Waals surface area contributed by atoms with Crippen LogP contribution in [-0.4, -0.2) is 27.3 Å². The molecule has 2 rings (SSSR count). The van der Waals surface area contributed by atoms with Gasteiger partial charge in [-0.05, 0) is 37.4 Å². The van der Waals surface area contributed by atoms with Crippen LogP contribution in [0.15, 0.2) is 18.2 Å². The third-order valence-electron chi connectivity index (χ3n) is 3.43. The Bertz CT molecular complexity index is 359. The topological polar surface area (TPSA) is 30.5 Å². The van der Waals surface area contributed by atoms with Gasteiger partial charge in [0.2, 0.25) is 0 Å². The number of ether oxygens (including phenoxy) is 2. The van der Waals surface area contributed by atoms with Gasteiger partial charge in [-0.1, -0.05) is 6.07 Å². The first kappa shape index (κ1) is 11.3. The maximum atomic E-state index is 5.41. The van der Waals surface area contributed by atoms with Crippen LogP contribution >= 0.6 is 0 Å². The third kappa shape index (κ3) is 2.00. The predicted molar refractivity (Wildman–Crippen MR) is 64.4 cm³/mol. The van der Waals surface area contributed by atoms with Crippen molar-refractivity contribution in [2.75, 3.05) is 21.3 Å². The van der Waals surface area contributed by atoms with E-state index in [0.717, 1.165) is 11.5 Å². The lowest BCUT2D eigenvalue weighted by molar-refractivity contribution is 0.297. The van der Waals surface area contributed by atoms with Crippen LogP contribution in [0, 0.1) is 0 Å². The highest BCUT2D eigenvalue weighted by Crippen LogP contribution is 2.41. The fraction of sp³-hybridized carbons (Fsp3) is 0.538. The van der Waals surface area contributed by atoms with Crippen LogP contribution in [0.25, 0.3) is 0 Å². The monoisotopic (exact) mass is 221 g/mol. The molecule has 0 aromatic heterocycles. The standard InChI is InChI=1S/C13H19NO2/c1-14-10-6-9(7-10)12-5-4-11(15-2)8-13(12)16-3/h4-5,8-10,14H,6-7H2,1-3H3. The summed E-state index contributed by atoms with van der Waals surface area (Å²) < 4.78 is 10.6. The average molecular weight is 221 g/mol. The van der Waals surface area contributed by atoms with Crippen LogP contribution in [0.2, 0.25) is 0 Å². The Balaban J connectivity index is 2.15. The van der Waals surface area contributed by atoms with Gasteiger partial charge in [-0.25, -0.2) is 0 Å². The zero-order chi connectivity index (χ0) is 11.5. The first-order valence-corrected chi connectivity index (χ1v) is 5.67. The predicted octanol–water partition coefficient (Wildman–Crippen LogP) is 2.17. The molecule has 3 nitrogen and oxygen atoms in total. The number of methoxy groups -OCH3 is 2. The molecule has 0 atom stereocenters. The molecule has 3 heteroatoms. The maximum Gasteiger partial charge on any atom is 0.126 e. The van der Waals surface area contributed by atoms with Crippen molar-refractivity contribution in [1.29, 1.82) is 0 Å². The zero-order valence-electron chi connectivity index (χ0n) is 10.1. The largest absolute Gasteiger partial charge is 0.497 e. The summed E-state index contributed by atoms with van der Waals surface area (Å²) in [5.74, 6) is 2.42. The molecule has 0 aliphatic heterocycles. The summed E-state index contributed by atoms with van der Waals surface area (Å²) in [6.07, 6.45) is 2.39. The molecule has 1 fully saturated rings. The second-order valence-corrected chi connectivity index (χ2v) is 4.26. The van der Waals surface area contributed by atoms with Crippen LogP contribution in [0.5, 0.6) is 11.5 Å². The normalized spacial score (nSPS) is 23.7. The SMILES string of the molecule is CNC1CC(c2ccc(OC)cc2OC)C1. The molecule has 0 spiro atoms. The summed E-state index contributed by atoms with van der Waals surface area (Å²) in [6, 6.07) is 6.75.